The summed E-state index contributed by atoms with van der Waals surface area (Å²) in [6.07, 6.45) is 1.71. The number of nitrogens with zero attached hydrogens (tertiary/aromatic N) is 3. The van der Waals surface area contributed by atoms with Gasteiger partial charge in [0.05, 0.1) is 16.6 Å². The van der Waals surface area contributed by atoms with Crippen LogP contribution < -0.4 is 11.2 Å². The van der Waals surface area contributed by atoms with Crippen molar-refractivity contribution in [3.63, 3.8) is 0 Å². The highest BCUT2D eigenvalue weighted by Gasteiger charge is 2.27. The SMILES string of the molecule is CC(C)(C)n1c(=N)c2cccn2c(=O)n1C(C)(C)C. The summed E-state index contributed by atoms with van der Waals surface area (Å²) in [6, 6.07) is 3.60. The van der Waals surface area contributed by atoms with Crippen molar-refractivity contribution < 1.29 is 0 Å². The lowest BCUT2D eigenvalue weighted by molar-refractivity contribution is 0.187. The average molecular weight is 262 g/mol. The Hall–Kier alpha value is -1.78. The van der Waals surface area contributed by atoms with Crippen LogP contribution in [-0.4, -0.2) is 13.8 Å². The van der Waals surface area contributed by atoms with Crippen molar-refractivity contribution in [3.05, 3.63) is 34.3 Å². The molecule has 0 saturated heterocycles. The molecule has 1 N–H and O–H groups in total. The van der Waals surface area contributed by atoms with Crippen LogP contribution in [0, 0.1) is 5.41 Å². The summed E-state index contributed by atoms with van der Waals surface area (Å²) >= 11 is 0. The molecule has 0 aliphatic rings. The maximum absolute atomic E-state index is 12.7. The van der Waals surface area contributed by atoms with E-state index >= 15 is 0 Å². The molecular formula is C14H22N4O. The Morgan fingerprint density at radius 2 is 1.53 bits per heavy atom. The van der Waals surface area contributed by atoms with Crippen LogP contribution in [0.2, 0.25) is 0 Å². The van der Waals surface area contributed by atoms with E-state index in [1.807, 2.05) is 41.5 Å². The molecule has 0 unspecified atom stereocenters. The van der Waals surface area contributed by atoms with Crippen molar-refractivity contribution in [1.82, 2.24) is 13.8 Å². The van der Waals surface area contributed by atoms with Gasteiger partial charge in [0.2, 0.25) is 0 Å². The van der Waals surface area contributed by atoms with Crippen LogP contribution in [-0.2, 0) is 11.1 Å². The Morgan fingerprint density at radius 1 is 1.00 bits per heavy atom. The second kappa shape index (κ2) is 3.85. The highest BCUT2D eigenvalue weighted by atomic mass is 16.2. The minimum absolute atomic E-state index is 0.113. The van der Waals surface area contributed by atoms with Gasteiger partial charge in [-0.05, 0) is 53.7 Å². The van der Waals surface area contributed by atoms with Crippen molar-refractivity contribution in [2.45, 2.75) is 52.6 Å². The summed E-state index contributed by atoms with van der Waals surface area (Å²) in [5, 5.41) is 8.41. The molecule has 0 saturated carbocycles. The zero-order valence-corrected chi connectivity index (χ0v) is 12.5. The molecule has 0 aromatic carbocycles. The smallest absolute Gasteiger partial charge is 0.281 e. The average Bonchev–Trinajstić information content (AvgIpc) is 2.68. The second-order valence-corrected chi connectivity index (χ2v) is 6.86. The predicted molar refractivity (Wildman–Crippen MR) is 75.5 cm³/mol. The van der Waals surface area contributed by atoms with Gasteiger partial charge < -0.3 is 0 Å². The molecule has 2 rings (SSSR count). The molecule has 0 bridgehead atoms. The quantitative estimate of drug-likeness (QED) is 0.774. The van der Waals surface area contributed by atoms with Crippen LogP contribution in [0.3, 0.4) is 0 Å². The third-order valence-electron chi connectivity index (χ3n) is 3.06. The normalized spacial score (nSPS) is 13.2. The van der Waals surface area contributed by atoms with Crippen molar-refractivity contribution in [2.24, 2.45) is 0 Å². The number of nitrogens with one attached hydrogen (secondary N) is 1. The third-order valence-corrected chi connectivity index (χ3v) is 3.06. The monoisotopic (exact) mass is 262 g/mol. The maximum atomic E-state index is 12.7. The van der Waals surface area contributed by atoms with Gasteiger partial charge >= 0.3 is 5.69 Å². The number of aromatic nitrogens is 3. The first-order valence-electron chi connectivity index (χ1n) is 6.46. The summed E-state index contributed by atoms with van der Waals surface area (Å²) < 4.78 is 4.99. The largest absolute Gasteiger partial charge is 0.348 e. The number of fused-ring (bicyclic) bond motifs is 1. The highest BCUT2D eigenvalue weighted by molar-refractivity contribution is 5.43. The van der Waals surface area contributed by atoms with Gasteiger partial charge in [0.1, 0.15) is 0 Å². The van der Waals surface area contributed by atoms with E-state index < -0.39 is 5.54 Å². The zero-order valence-electron chi connectivity index (χ0n) is 12.5. The summed E-state index contributed by atoms with van der Waals surface area (Å²) in [4.78, 5) is 12.7. The Balaban J connectivity index is 3.12. The van der Waals surface area contributed by atoms with E-state index in [0.717, 1.165) is 0 Å². The molecule has 0 amide bonds. The van der Waals surface area contributed by atoms with E-state index in [1.54, 1.807) is 27.7 Å². The first-order chi connectivity index (χ1) is 8.55. The number of rotatable bonds is 0. The van der Waals surface area contributed by atoms with E-state index in [2.05, 4.69) is 0 Å². The molecule has 2 aromatic heterocycles. The molecule has 2 aromatic rings. The molecule has 104 valence electrons. The fourth-order valence-electron chi connectivity index (χ4n) is 2.36. The van der Waals surface area contributed by atoms with Gasteiger partial charge in [-0.15, -0.1) is 0 Å². The summed E-state index contributed by atoms with van der Waals surface area (Å²) in [5.41, 5.74) is 0.152. The zero-order chi connectivity index (χ0) is 14.6. The van der Waals surface area contributed by atoms with Gasteiger partial charge in [0, 0.05) is 6.20 Å². The maximum Gasteiger partial charge on any atom is 0.348 e. The Kier molecular flexibility index (Phi) is 2.77. The first-order valence-corrected chi connectivity index (χ1v) is 6.46. The highest BCUT2D eigenvalue weighted by Crippen LogP contribution is 2.17. The second-order valence-electron chi connectivity index (χ2n) is 6.86. The molecule has 0 radical (unpaired) electrons. The third kappa shape index (κ3) is 2.03. The molecule has 2 heterocycles. The molecule has 5 nitrogen and oxygen atoms in total. The summed E-state index contributed by atoms with van der Waals surface area (Å²) in [7, 11) is 0. The Morgan fingerprint density at radius 3 is 2.00 bits per heavy atom. The van der Waals surface area contributed by atoms with Gasteiger partial charge in [-0.1, -0.05) is 0 Å². The van der Waals surface area contributed by atoms with Crippen LogP contribution in [0.5, 0.6) is 0 Å². The summed E-state index contributed by atoms with van der Waals surface area (Å²) in [5.74, 6) is 0. The topological polar surface area (TPSA) is 55.2 Å². The van der Waals surface area contributed by atoms with Crippen LogP contribution >= 0.6 is 0 Å². The van der Waals surface area contributed by atoms with Crippen molar-refractivity contribution in [1.29, 1.82) is 5.41 Å². The van der Waals surface area contributed by atoms with Gasteiger partial charge in [0.25, 0.3) is 0 Å². The van der Waals surface area contributed by atoms with Crippen molar-refractivity contribution >= 4 is 5.52 Å². The lowest BCUT2D eigenvalue weighted by Crippen LogP contribution is -2.53. The van der Waals surface area contributed by atoms with E-state index in [4.69, 9.17) is 5.41 Å². The lowest BCUT2D eigenvalue weighted by atomic mass is 10.1. The minimum Gasteiger partial charge on any atom is -0.281 e. The van der Waals surface area contributed by atoms with E-state index in [0.29, 0.717) is 11.0 Å². The fourth-order valence-corrected chi connectivity index (χ4v) is 2.36. The van der Waals surface area contributed by atoms with E-state index in [9.17, 15) is 4.79 Å². The van der Waals surface area contributed by atoms with E-state index in [1.165, 1.54) is 4.40 Å². The molecule has 0 aliphatic heterocycles. The van der Waals surface area contributed by atoms with Gasteiger partial charge in [0.15, 0.2) is 5.49 Å². The van der Waals surface area contributed by atoms with Crippen LogP contribution in [0.15, 0.2) is 23.1 Å². The predicted octanol–water partition coefficient (Wildman–Crippen LogP) is 1.89. The summed E-state index contributed by atoms with van der Waals surface area (Å²) in [6.45, 7) is 12.0. The molecule has 0 fully saturated rings. The van der Waals surface area contributed by atoms with Crippen molar-refractivity contribution in [3.8, 4) is 0 Å². The molecule has 19 heavy (non-hydrogen) atoms. The molecule has 0 aliphatic carbocycles. The standard InChI is InChI=1S/C14H22N4O/c1-13(2,3)17-11(15)10-8-7-9-16(10)12(19)18(17)14(4,5)6/h7-9,15H,1-6H3. The first kappa shape index (κ1) is 13.6. The Labute approximate surface area is 112 Å². The number of hydrogen-bond acceptors (Lipinski definition) is 2. The fraction of sp³-hybridized carbons (Fsp3) is 0.571. The van der Waals surface area contributed by atoms with Gasteiger partial charge in [-0.3, -0.25) is 14.5 Å². The van der Waals surface area contributed by atoms with Gasteiger partial charge in [-0.2, -0.15) is 0 Å². The van der Waals surface area contributed by atoms with Crippen LogP contribution in [0.1, 0.15) is 41.5 Å². The number of hydrogen-bond donors (Lipinski definition) is 1. The van der Waals surface area contributed by atoms with E-state index in [-0.39, 0.29) is 11.2 Å². The molecule has 5 heteroatoms. The Bertz CT molecular complexity index is 670. The molecule has 0 spiro atoms. The molecular weight excluding hydrogens is 240 g/mol. The molecule has 0 atom stereocenters. The lowest BCUT2D eigenvalue weighted by Gasteiger charge is -2.34. The van der Waals surface area contributed by atoms with Crippen LogP contribution in [0.25, 0.3) is 5.52 Å². The van der Waals surface area contributed by atoms with Gasteiger partial charge in [-0.25, -0.2) is 9.48 Å². The minimum atomic E-state index is -0.390. The van der Waals surface area contributed by atoms with Crippen molar-refractivity contribution in [2.75, 3.05) is 0 Å². The van der Waals surface area contributed by atoms with Crippen LogP contribution in [0.4, 0.5) is 0 Å².